The number of amides is 1. The summed E-state index contributed by atoms with van der Waals surface area (Å²) in [7, 11) is 0. The average molecular weight is 202 g/mol. The summed E-state index contributed by atoms with van der Waals surface area (Å²) in [5, 5.41) is 3.03. The Hall–Kier alpha value is -0.650. The Balaban J connectivity index is 2.16. The molecule has 0 radical (unpaired) electrons. The zero-order valence-corrected chi connectivity index (χ0v) is 8.49. The van der Waals surface area contributed by atoms with E-state index in [0.29, 0.717) is 19.8 Å². The van der Waals surface area contributed by atoms with Crippen LogP contribution in [-0.2, 0) is 14.3 Å². The first-order valence-electron chi connectivity index (χ1n) is 4.96. The maximum atomic E-state index is 11.0. The summed E-state index contributed by atoms with van der Waals surface area (Å²) in [6, 6.07) is -0.379. The SMILES string of the molecule is CCCNC(COC1COC1)C(N)=O. The van der Waals surface area contributed by atoms with Crippen LogP contribution in [0.25, 0.3) is 0 Å². The van der Waals surface area contributed by atoms with E-state index in [9.17, 15) is 4.79 Å². The highest BCUT2D eigenvalue weighted by atomic mass is 16.6. The Morgan fingerprint density at radius 3 is 2.86 bits per heavy atom. The number of rotatable bonds is 7. The van der Waals surface area contributed by atoms with E-state index in [0.717, 1.165) is 13.0 Å². The minimum Gasteiger partial charge on any atom is -0.376 e. The van der Waals surface area contributed by atoms with Crippen LogP contribution < -0.4 is 11.1 Å². The van der Waals surface area contributed by atoms with Crippen LogP contribution in [0.15, 0.2) is 0 Å². The van der Waals surface area contributed by atoms with Gasteiger partial charge in [0.2, 0.25) is 5.91 Å². The number of hydrogen-bond donors (Lipinski definition) is 2. The molecule has 1 fully saturated rings. The summed E-state index contributed by atoms with van der Waals surface area (Å²) in [5.41, 5.74) is 5.21. The van der Waals surface area contributed by atoms with Crippen molar-refractivity contribution >= 4 is 5.91 Å². The van der Waals surface area contributed by atoms with Gasteiger partial charge in [-0.25, -0.2) is 0 Å². The summed E-state index contributed by atoms with van der Waals surface area (Å²) < 4.78 is 10.4. The number of hydrogen-bond acceptors (Lipinski definition) is 4. The molecule has 1 amide bonds. The molecule has 0 aromatic rings. The fraction of sp³-hybridized carbons (Fsp3) is 0.889. The van der Waals surface area contributed by atoms with Crippen molar-refractivity contribution in [1.82, 2.24) is 5.32 Å². The Morgan fingerprint density at radius 2 is 2.43 bits per heavy atom. The number of carbonyl (C=O) groups excluding carboxylic acids is 1. The maximum Gasteiger partial charge on any atom is 0.236 e. The zero-order valence-electron chi connectivity index (χ0n) is 8.49. The topological polar surface area (TPSA) is 73.6 Å². The quantitative estimate of drug-likeness (QED) is 0.570. The molecule has 1 atom stereocenters. The molecule has 0 saturated carbocycles. The molecular formula is C9H18N2O3. The van der Waals surface area contributed by atoms with Crippen LogP contribution in [0, 0.1) is 0 Å². The van der Waals surface area contributed by atoms with Gasteiger partial charge in [0.15, 0.2) is 0 Å². The molecule has 14 heavy (non-hydrogen) atoms. The van der Waals surface area contributed by atoms with E-state index in [1.54, 1.807) is 0 Å². The fourth-order valence-corrected chi connectivity index (χ4v) is 1.10. The van der Waals surface area contributed by atoms with Crippen molar-refractivity contribution in [2.24, 2.45) is 5.73 Å². The summed E-state index contributed by atoms with van der Waals surface area (Å²) in [5.74, 6) is -0.362. The van der Waals surface area contributed by atoms with E-state index >= 15 is 0 Å². The Labute approximate surface area is 83.9 Å². The van der Waals surface area contributed by atoms with Gasteiger partial charge in [0.25, 0.3) is 0 Å². The van der Waals surface area contributed by atoms with Gasteiger partial charge in [0.05, 0.1) is 19.8 Å². The maximum absolute atomic E-state index is 11.0. The van der Waals surface area contributed by atoms with Crippen molar-refractivity contribution < 1.29 is 14.3 Å². The van der Waals surface area contributed by atoms with Gasteiger partial charge < -0.3 is 20.5 Å². The molecule has 82 valence electrons. The summed E-state index contributed by atoms with van der Waals surface area (Å²) >= 11 is 0. The van der Waals surface area contributed by atoms with Crippen LogP contribution >= 0.6 is 0 Å². The lowest BCUT2D eigenvalue weighted by Crippen LogP contribution is -2.47. The smallest absolute Gasteiger partial charge is 0.236 e. The largest absolute Gasteiger partial charge is 0.376 e. The summed E-state index contributed by atoms with van der Waals surface area (Å²) in [6.07, 6.45) is 1.11. The van der Waals surface area contributed by atoms with Gasteiger partial charge in [-0.3, -0.25) is 4.79 Å². The monoisotopic (exact) mass is 202 g/mol. The third kappa shape index (κ3) is 3.61. The minimum atomic E-state index is -0.379. The van der Waals surface area contributed by atoms with Crippen LogP contribution in [0.1, 0.15) is 13.3 Å². The van der Waals surface area contributed by atoms with E-state index < -0.39 is 0 Å². The third-order valence-corrected chi connectivity index (χ3v) is 2.09. The summed E-state index contributed by atoms with van der Waals surface area (Å²) in [6.45, 7) is 4.39. The van der Waals surface area contributed by atoms with E-state index in [2.05, 4.69) is 5.32 Å². The lowest BCUT2D eigenvalue weighted by molar-refractivity contribution is -0.140. The van der Waals surface area contributed by atoms with Crippen molar-refractivity contribution in [1.29, 1.82) is 0 Å². The molecule has 1 rings (SSSR count). The highest BCUT2D eigenvalue weighted by molar-refractivity contribution is 5.79. The number of nitrogens with two attached hydrogens (primary N) is 1. The molecule has 0 aromatic carbocycles. The van der Waals surface area contributed by atoms with Crippen molar-refractivity contribution in [3.05, 3.63) is 0 Å². The molecule has 1 heterocycles. The number of nitrogens with one attached hydrogen (secondary N) is 1. The van der Waals surface area contributed by atoms with Gasteiger partial charge >= 0.3 is 0 Å². The number of ether oxygens (including phenoxy) is 2. The van der Waals surface area contributed by atoms with Crippen LogP contribution in [0.4, 0.5) is 0 Å². The highest BCUT2D eigenvalue weighted by Gasteiger charge is 2.22. The molecule has 0 bridgehead atoms. The predicted molar refractivity (Wildman–Crippen MR) is 51.8 cm³/mol. The van der Waals surface area contributed by atoms with E-state index in [1.807, 2.05) is 6.92 Å². The van der Waals surface area contributed by atoms with Crippen molar-refractivity contribution in [2.75, 3.05) is 26.4 Å². The van der Waals surface area contributed by atoms with E-state index in [-0.39, 0.29) is 18.1 Å². The van der Waals surface area contributed by atoms with Crippen LogP contribution in [-0.4, -0.2) is 44.4 Å². The van der Waals surface area contributed by atoms with Gasteiger partial charge in [-0.15, -0.1) is 0 Å². The lowest BCUT2D eigenvalue weighted by Gasteiger charge is -2.27. The highest BCUT2D eigenvalue weighted by Crippen LogP contribution is 2.05. The number of primary amides is 1. The molecule has 5 heteroatoms. The van der Waals surface area contributed by atoms with E-state index in [4.69, 9.17) is 15.2 Å². The first kappa shape index (κ1) is 11.4. The Bertz CT molecular complexity index is 183. The first-order chi connectivity index (χ1) is 6.74. The second-order valence-corrected chi connectivity index (χ2v) is 3.40. The molecule has 0 aromatic heterocycles. The normalized spacial score (nSPS) is 18.9. The first-order valence-corrected chi connectivity index (χ1v) is 4.96. The molecule has 1 saturated heterocycles. The van der Waals surface area contributed by atoms with Crippen LogP contribution in [0.2, 0.25) is 0 Å². The lowest BCUT2D eigenvalue weighted by atomic mass is 10.2. The van der Waals surface area contributed by atoms with Gasteiger partial charge in [-0.05, 0) is 13.0 Å². The molecule has 1 aliphatic heterocycles. The van der Waals surface area contributed by atoms with Crippen molar-refractivity contribution in [3.63, 3.8) is 0 Å². The van der Waals surface area contributed by atoms with Crippen molar-refractivity contribution in [3.8, 4) is 0 Å². The van der Waals surface area contributed by atoms with E-state index in [1.165, 1.54) is 0 Å². The second-order valence-electron chi connectivity index (χ2n) is 3.40. The Kier molecular flexibility index (Phi) is 4.86. The van der Waals surface area contributed by atoms with Gasteiger partial charge in [0, 0.05) is 0 Å². The molecule has 1 unspecified atom stereocenters. The standard InChI is InChI=1S/C9H18N2O3/c1-2-3-11-8(9(10)12)6-14-7-4-13-5-7/h7-8,11H,2-6H2,1H3,(H2,10,12). The molecular weight excluding hydrogens is 184 g/mol. The predicted octanol–water partition coefficient (Wildman–Crippen LogP) is -0.745. The molecule has 0 spiro atoms. The summed E-state index contributed by atoms with van der Waals surface area (Å²) in [4.78, 5) is 11.0. The zero-order chi connectivity index (χ0) is 10.4. The van der Waals surface area contributed by atoms with Crippen molar-refractivity contribution in [2.45, 2.75) is 25.5 Å². The molecule has 0 aliphatic carbocycles. The van der Waals surface area contributed by atoms with Crippen LogP contribution in [0.5, 0.6) is 0 Å². The van der Waals surface area contributed by atoms with Gasteiger partial charge in [0.1, 0.15) is 12.1 Å². The van der Waals surface area contributed by atoms with Gasteiger partial charge in [-0.2, -0.15) is 0 Å². The number of carbonyl (C=O) groups is 1. The van der Waals surface area contributed by atoms with Crippen LogP contribution in [0.3, 0.4) is 0 Å². The molecule has 5 nitrogen and oxygen atoms in total. The third-order valence-electron chi connectivity index (χ3n) is 2.09. The minimum absolute atomic E-state index is 0.139. The second kappa shape index (κ2) is 5.95. The van der Waals surface area contributed by atoms with Gasteiger partial charge in [-0.1, -0.05) is 6.92 Å². The molecule has 3 N–H and O–H groups in total. The fourth-order valence-electron chi connectivity index (χ4n) is 1.10. The Morgan fingerprint density at radius 1 is 1.71 bits per heavy atom. The molecule has 1 aliphatic rings. The average Bonchev–Trinajstić information content (AvgIpc) is 2.07.